The topological polar surface area (TPSA) is 50.4 Å². The molecule has 1 aliphatic rings. The Labute approximate surface area is 672 Å². The van der Waals surface area contributed by atoms with Crippen molar-refractivity contribution in [1.29, 1.82) is 0 Å². The summed E-state index contributed by atoms with van der Waals surface area (Å²) in [7, 11) is 0. The number of benzene rings is 16. The Hall–Kier alpha value is -14.7. The van der Waals surface area contributed by atoms with Gasteiger partial charge < -0.3 is 22.8 Å². The van der Waals surface area contributed by atoms with Crippen molar-refractivity contribution in [2.45, 2.75) is 6.42 Å². The fraction of sp³-hybridized carbons (Fsp3) is 0.00935. The predicted molar refractivity (Wildman–Crippen MR) is 484 cm³/mol. The van der Waals surface area contributed by atoms with E-state index in [1.165, 1.54) is 165 Å². The minimum absolute atomic E-state index is 0.933. The first-order valence-electron chi connectivity index (χ1n) is 39.2. The van der Waals surface area contributed by atoms with Crippen molar-refractivity contribution in [3.8, 4) is 84.1 Å². The largest absolute Gasteiger partial charge is 0.309 e. The maximum Gasteiger partial charge on any atom is 0.0730 e. The monoisotopic (exact) mass is 1530 g/mol. The molecule has 7 nitrogen and oxygen atoms in total. The highest BCUT2D eigenvalue weighted by atomic mass is 79.9. The highest BCUT2D eigenvalue weighted by molar-refractivity contribution is 9.10. The van der Waals surface area contributed by atoms with Crippen molar-refractivity contribution in [3.63, 3.8) is 0 Å². The van der Waals surface area contributed by atoms with Crippen LogP contribution in [0, 0.1) is 0 Å². The van der Waals surface area contributed by atoms with Gasteiger partial charge in [-0.25, -0.2) is 0 Å². The standard InChI is InChI=1S/C53H34N4.C36H24N2.C18H12BrN/c1-4-16-35(17-5-1)51-40(29-31-49-53(51)42-24-12-15-27-47(42)56(49)37-20-8-3-9-21-37)44-33-54-34-50-52(44)41-23-11-14-26-46(41)57(50)38-28-30-48-43(32-38)39-22-10-13-25-45(39)55(48)36-18-6-2-7-19-36;1-3-11-24(12-4-1)35-29(31-23-37-22-26-21-25-13-7-8-16-28(25)34(26)31)19-20-33-36(35)30-17-9-10-18-32(30)38(33)27-14-5-2-6-15-27;19-13-10-11-18-16(12-13)15-8-4-5-9-17(15)20(18)14-6-2-1-3-7-14/h1-34H;1-20,22-23H,21H2;1-12H. The van der Waals surface area contributed by atoms with E-state index in [9.17, 15) is 0 Å². The summed E-state index contributed by atoms with van der Waals surface area (Å²) in [5.41, 5.74) is 32.5. The lowest BCUT2D eigenvalue weighted by atomic mass is 9.88. The fourth-order valence-electron chi connectivity index (χ4n) is 18.5. The van der Waals surface area contributed by atoms with Gasteiger partial charge in [0.1, 0.15) is 0 Å². The molecule has 0 fully saturated rings. The molecule has 0 radical (unpaired) electrons. The zero-order valence-electron chi connectivity index (χ0n) is 62.5. The molecular formula is C107H70BrN7. The van der Waals surface area contributed by atoms with Crippen molar-refractivity contribution >= 4 is 125 Å². The number of hydrogen-bond donors (Lipinski definition) is 0. The van der Waals surface area contributed by atoms with E-state index in [0.29, 0.717) is 0 Å². The van der Waals surface area contributed by atoms with E-state index in [2.05, 4.69) is 433 Å². The summed E-state index contributed by atoms with van der Waals surface area (Å²) < 4.78 is 13.0. The second-order valence-electron chi connectivity index (χ2n) is 29.6. The molecule has 1 aliphatic carbocycles. The number of nitrogens with zero attached hydrogens (tertiary/aromatic N) is 7. The molecule has 7 aromatic heterocycles. The van der Waals surface area contributed by atoms with Crippen LogP contribution in [0.1, 0.15) is 11.1 Å². The van der Waals surface area contributed by atoms with Gasteiger partial charge in [0.25, 0.3) is 0 Å². The zero-order valence-corrected chi connectivity index (χ0v) is 64.1. The average Bonchev–Trinajstić information content (AvgIpc) is 1.57. The van der Waals surface area contributed by atoms with Gasteiger partial charge in [-0.15, -0.1) is 0 Å². The molecule has 0 saturated heterocycles. The summed E-state index contributed by atoms with van der Waals surface area (Å²) in [6.45, 7) is 0. The summed E-state index contributed by atoms with van der Waals surface area (Å²) in [6, 6.07) is 139. The summed E-state index contributed by atoms with van der Waals surface area (Å²) >= 11 is 3.57. The van der Waals surface area contributed by atoms with Gasteiger partial charge in [-0.05, 0) is 183 Å². The van der Waals surface area contributed by atoms with Crippen LogP contribution in [0.25, 0.3) is 193 Å². The molecule has 16 aromatic carbocycles. The summed E-state index contributed by atoms with van der Waals surface area (Å²) in [5, 5.41) is 12.4. The summed E-state index contributed by atoms with van der Waals surface area (Å²) in [4.78, 5) is 9.77. The van der Waals surface area contributed by atoms with Gasteiger partial charge in [-0.1, -0.05) is 277 Å². The highest BCUT2D eigenvalue weighted by Gasteiger charge is 2.28. The second kappa shape index (κ2) is 27.9. The van der Waals surface area contributed by atoms with E-state index in [4.69, 9.17) is 9.97 Å². The van der Waals surface area contributed by atoms with Crippen LogP contribution in [-0.2, 0) is 6.42 Å². The van der Waals surface area contributed by atoms with Crippen LogP contribution in [-0.4, -0.2) is 32.8 Å². The third-order valence-corrected chi connectivity index (χ3v) is 23.8. The molecule has 540 valence electrons. The van der Waals surface area contributed by atoms with Gasteiger partial charge in [0, 0.05) is 123 Å². The Bertz CT molecular complexity index is 7730. The molecule has 0 saturated carbocycles. The predicted octanol–water partition coefficient (Wildman–Crippen LogP) is 28.3. The summed E-state index contributed by atoms with van der Waals surface area (Å²) in [6.07, 6.45) is 9.15. The molecule has 8 heteroatoms. The molecule has 24 rings (SSSR count). The van der Waals surface area contributed by atoms with E-state index >= 15 is 0 Å². The fourth-order valence-corrected chi connectivity index (χ4v) is 18.9. The molecule has 0 bridgehead atoms. The lowest BCUT2D eigenvalue weighted by molar-refractivity contribution is 1.16. The highest BCUT2D eigenvalue weighted by Crippen LogP contribution is 2.51. The van der Waals surface area contributed by atoms with Crippen LogP contribution in [0.3, 0.4) is 0 Å². The van der Waals surface area contributed by atoms with Crippen LogP contribution in [0.4, 0.5) is 0 Å². The Balaban J connectivity index is 0.000000118. The quantitative estimate of drug-likeness (QED) is 0.145. The number of pyridine rings is 2. The van der Waals surface area contributed by atoms with E-state index < -0.39 is 0 Å². The van der Waals surface area contributed by atoms with Gasteiger partial charge in [0.05, 0.1) is 61.4 Å². The lowest BCUT2D eigenvalue weighted by Crippen LogP contribution is -1.96. The molecule has 0 unspecified atom stereocenters. The molecule has 115 heavy (non-hydrogen) atoms. The number of hydrogen-bond acceptors (Lipinski definition) is 2. The van der Waals surface area contributed by atoms with Crippen molar-refractivity contribution < 1.29 is 0 Å². The van der Waals surface area contributed by atoms with Gasteiger partial charge in [0.2, 0.25) is 0 Å². The zero-order chi connectivity index (χ0) is 76.0. The van der Waals surface area contributed by atoms with Crippen LogP contribution >= 0.6 is 15.9 Å². The Kier molecular flexibility index (Phi) is 16.3. The molecule has 7 heterocycles. The number of aromatic nitrogens is 7. The molecule has 0 atom stereocenters. The van der Waals surface area contributed by atoms with Crippen molar-refractivity contribution in [3.05, 3.63) is 429 Å². The van der Waals surface area contributed by atoms with Crippen LogP contribution in [0.2, 0.25) is 0 Å². The molecule has 0 spiro atoms. The third kappa shape index (κ3) is 11.1. The van der Waals surface area contributed by atoms with E-state index in [1.54, 1.807) is 0 Å². The first kappa shape index (κ1) is 67.2. The van der Waals surface area contributed by atoms with E-state index in [1.807, 2.05) is 18.5 Å². The molecule has 0 aliphatic heterocycles. The van der Waals surface area contributed by atoms with Gasteiger partial charge in [-0.3, -0.25) is 9.97 Å². The third-order valence-electron chi connectivity index (χ3n) is 23.3. The molecular weight excluding hydrogens is 1460 g/mol. The number of halogens is 1. The molecule has 0 amide bonds. The SMILES string of the molecule is Brc1ccc2c(c1)c1ccccc1n2-c1ccccc1.c1ccc(-c2c(-c3cncc4c3-c3ccccc3C4)ccc3c2c2ccccc2n3-c2ccccc2)cc1.c1ccc(-c2c(-c3cncc4c3c3ccccc3n4-c3ccc4c(c3)c3ccccc3n4-c3ccccc3)ccc3c2c2ccccc2n3-c2ccccc2)cc1. The minimum Gasteiger partial charge on any atom is -0.309 e. The molecule has 23 aromatic rings. The smallest absolute Gasteiger partial charge is 0.0730 e. The van der Waals surface area contributed by atoms with Gasteiger partial charge in [-0.2, -0.15) is 0 Å². The van der Waals surface area contributed by atoms with Gasteiger partial charge >= 0.3 is 0 Å². The van der Waals surface area contributed by atoms with E-state index in [0.717, 1.165) is 50.1 Å². The first-order valence-corrected chi connectivity index (χ1v) is 40.0. The number of fused-ring (bicyclic) bond motifs is 18. The van der Waals surface area contributed by atoms with E-state index in [-0.39, 0.29) is 0 Å². The van der Waals surface area contributed by atoms with Crippen LogP contribution in [0.5, 0.6) is 0 Å². The maximum atomic E-state index is 5.03. The summed E-state index contributed by atoms with van der Waals surface area (Å²) in [5.74, 6) is 0. The van der Waals surface area contributed by atoms with Crippen molar-refractivity contribution in [2.75, 3.05) is 0 Å². The number of rotatable bonds is 9. The Morgan fingerprint density at radius 2 is 0.548 bits per heavy atom. The first-order chi connectivity index (χ1) is 57.1. The Morgan fingerprint density at radius 3 is 1.04 bits per heavy atom. The Morgan fingerprint density at radius 1 is 0.200 bits per heavy atom. The lowest BCUT2D eigenvalue weighted by Gasteiger charge is -2.16. The van der Waals surface area contributed by atoms with Crippen LogP contribution in [0.15, 0.2) is 418 Å². The van der Waals surface area contributed by atoms with Crippen LogP contribution < -0.4 is 0 Å². The number of para-hydroxylation sites is 9. The second-order valence-corrected chi connectivity index (χ2v) is 30.5. The average molecular weight is 1530 g/mol. The normalized spacial score (nSPS) is 11.8. The maximum absolute atomic E-state index is 5.03. The van der Waals surface area contributed by atoms with Crippen molar-refractivity contribution in [2.24, 2.45) is 0 Å². The van der Waals surface area contributed by atoms with Crippen molar-refractivity contribution in [1.82, 2.24) is 32.8 Å². The molecule has 0 N–H and O–H groups in total. The van der Waals surface area contributed by atoms with Gasteiger partial charge in [0.15, 0.2) is 0 Å². The minimum atomic E-state index is 0.933.